The van der Waals surface area contributed by atoms with Gasteiger partial charge in [0.1, 0.15) is 0 Å². The molecule has 1 fully saturated rings. The zero-order valence-corrected chi connectivity index (χ0v) is 11.1. The van der Waals surface area contributed by atoms with Crippen molar-refractivity contribution in [3.05, 3.63) is 0 Å². The largest absolute Gasteiger partial charge is 0.480 e. The molecule has 17 heavy (non-hydrogen) atoms. The van der Waals surface area contributed by atoms with Gasteiger partial charge in [-0.15, -0.1) is 6.42 Å². The van der Waals surface area contributed by atoms with E-state index < -0.39 is 5.97 Å². The van der Waals surface area contributed by atoms with Crippen LogP contribution in [0.2, 0.25) is 0 Å². The van der Waals surface area contributed by atoms with Crippen LogP contribution in [0.25, 0.3) is 0 Å². The molecular weight excluding hydrogens is 214 g/mol. The van der Waals surface area contributed by atoms with Crippen LogP contribution in [0.4, 0.5) is 0 Å². The van der Waals surface area contributed by atoms with E-state index in [-0.39, 0.29) is 6.54 Å². The van der Waals surface area contributed by atoms with Crippen LogP contribution in [-0.2, 0) is 4.79 Å². The van der Waals surface area contributed by atoms with Crippen LogP contribution in [0.15, 0.2) is 0 Å². The molecule has 0 aliphatic heterocycles. The Morgan fingerprint density at radius 3 is 2.71 bits per heavy atom. The second-order valence-electron chi connectivity index (χ2n) is 5.95. The molecule has 0 spiro atoms. The molecule has 0 aromatic carbocycles. The van der Waals surface area contributed by atoms with Gasteiger partial charge < -0.3 is 5.11 Å². The van der Waals surface area contributed by atoms with Crippen LogP contribution in [0.1, 0.15) is 40.0 Å². The average molecular weight is 237 g/mol. The third-order valence-electron chi connectivity index (χ3n) is 3.75. The summed E-state index contributed by atoms with van der Waals surface area (Å²) in [5.41, 5.74) is 0.376. The van der Waals surface area contributed by atoms with Gasteiger partial charge in [-0.25, -0.2) is 0 Å². The molecule has 1 aliphatic rings. The van der Waals surface area contributed by atoms with Gasteiger partial charge in [0.15, 0.2) is 0 Å². The average Bonchev–Trinajstić information content (AvgIpc) is 2.14. The van der Waals surface area contributed by atoms with Crippen molar-refractivity contribution >= 4 is 5.97 Å². The molecule has 0 aromatic heterocycles. The molecule has 3 heteroatoms. The molecule has 0 saturated heterocycles. The summed E-state index contributed by atoms with van der Waals surface area (Å²) in [6.45, 7) is 7.25. The van der Waals surface area contributed by atoms with Gasteiger partial charge in [-0.3, -0.25) is 9.69 Å². The van der Waals surface area contributed by atoms with Gasteiger partial charge in [-0.1, -0.05) is 26.7 Å². The van der Waals surface area contributed by atoms with E-state index in [1.54, 1.807) is 0 Å². The van der Waals surface area contributed by atoms with Crippen molar-refractivity contribution in [3.63, 3.8) is 0 Å². The summed E-state index contributed by atoms with van der Waals surface area (Å²) in [5.74, 6) is 2.29. The first-order valence-electron chi connectivity index (χ1n) is 6.25. The summed E-state index contributed by atoms with van der Waals surface area (Å²) in [6, 6.07) is 0.315. The predicted octanol–water partition coefficient (Wildman–Crippen LogP) is 2.22. The fourth-order valence-electron chi connectivity index (χ4n) is 3.06. The highest BCUT2D eigenvalue weighted by molar-refractivity contribution is 5.69. The number of carbonyl (C=O) groups is 1. The Morgan fingerprint density at radius 1 is 1.59 bits per heavy atom. The van der Waals surface area contributed by atoms with Crippen LogP contribution in [-0.4, -0.2) is 35.1 Å². The van der Waals surface area contributed by atoms with Crippen molar-refractivity contribution < 1.29 is 9.90 Å². The zero-order chi connectivity index (χ0) is 13.1. The lowest BCUT2D eigenvalue weighted by Gasteiger charge is -2.43. The minimum absolute atomic E-state index is 0.0552. The highest BCUT2D eigenvalue weighted by atomic mass is 16.4. The normalized spacial score (nSPS) is 27.7. The Labute approximate surface area is 104 Å². The number of terminal acetylenes is 1. The monoisotopic (exact) mass is 237 g/mol. The van der Waals surface area contributed by atoms with Gasteiger partial charge in [-0.2, -0.15) is 0 Å². The topological polar surface area (TPSA) is 40.5 Å². The molecule has 0 aromatic rings. The molecule has 2 atom stereocenters. The lowest BCUT2D eigenvalue weighted by Crippen LogP contribution is -2.46. The minimum Gasteiger partial charge on any atom is -0.480 e. The first kappa shape index (κ1) is 14.1. The molecule has 0 radical (unpaired) electrons. The van der Waals surface area contributed by atoms with Gasteiger partial charge in [0, 0.05) is 6.04 Å². The first-order valence-corrected chi connectivity index (χ1v) is 6.25. The molecule has 1 N–H and O–H groups in total. The SMILES string of the molecule is C#CCN(CC(=O)O)C1CCC(C)(C)CC1C. The van der Waals surface area contributed by atoms with Crippen molar-refractivity contribution in [2.75, 3.05) is 13.1 Å². The fourth-order valence-corrected chi connectivity index (χ4v) is 3.06. The van der Waals surface area contributed by atoms with E-state index in [0.29, 0.717) is 23.9 Å². The summed E-state index contributed by atoms with van der Waals surface area (Å²) in [5, 5.41) is 8.92. The van der Waals surface area contributed by atoms with Crippen LogP contribution in [0.3, 0.4) is 0 Å². The maximum absolute atomic E-state index is 10.9. The third kappa shape index (κ3) is 4.05. The van der Waals surface area contributed by atoms with Crippen molar-refractivity contribution in [2.24, 2.45) is 11.3 Å². The van der Waals surface area contributed by atoms with E-state index in [4.69, 9.17) is 11.5 Å². The van der Waals surface area contributed by atoms with Crippen molar-refractivity contribution in [2.45, 2.75) is 46.1 Å². The van der Waals surface area contributed by atoms with Gasteiger partial charge in [-0.05, 0) is 30.6 Å². The summed E-state index contributed by atoms with van der Waals surface area (Å²) >= 11 is 0. The van der Waals surface area contributed by atoms with Gasteiger partial charge in [0.05, 0.1) is 13.1 Å². The van der Waals surface area contributed by atoms with Crippen molar-refractivity contribution in [1.82, 2.24) is 4.90 Å². The quantitative estimate of drug-likeness (QED) is 0.762. The fraction of sp³-hybridized carbons (Fsp3) is 0.786. The lowest BCUT2D eigenvalue weighted by molar-refractivity contribution is -0.139. The van der Waals surface area contributed by atoms with E-state index >= 15 is 0 Å². The van der Waals surface area contributed by atoms with E-state index in [0.717, 1.165) is 19.3 Å². The molecule has 0 amide bonds. The van der Waals surface area contributed by atoms with Crippen LogP contribution in [0, 0.1) is 23.7 Å². The highest BCUT2D eigenvalue weighted by Crippen LogP contribution is 2.40. The zero-order valence-electron chi connectivity index (χ0n) is 11.1. The second-order valence-corrected chi connectivity index (χ2v) is 5.95. The van der Waals surface area contributed by atoms with Crippen molar-refractivity contribution in [1.29, 1.82) is 0 Å². The number of rotatable bonds is 4. The molecule has 3 nitrogen and oxygen atoms in total. The standard InChI is InChI=1S/C14H23NO2/c1-5-8-15(10-13(16)17)12-6-7-14(3,4)9-11(12)2/h1,11-12H,6-10H2,2-4H3,(H,16,17). The third-order valence-corrected chi connectivity index (χ3v) is 3.75. The molecule has 96 valence electrons. The summed E-state index contributed by atoms with van der Waals surface area (Å²) < 4.78 is 0. The summed E-state index contributed by atoms with van der Waals surface area (Å²) in [4.78, 5) is 12.8. The highest BCUT2D eigenvalue weighted by Gasteiger charge is 2.35. The Bertz CT molecular complexity index is 317. The Balaban J connectivity index is 2.69. The molecule has 1 saturated carbocycles. The van der Waals surface area contributed by atoms with E-state index in [9.17, 15) is 4.79 Å². The lowest BCUT2D eigenvalue weighted by atomic mass is 9.70. The summed E-state index contributed by atoms with van der Waals surface area (Å²) in [6.07, 6.45) is 8.65. The van der Waals surface area contributed by atoms with Gasteiger partial charge in [0.25, 0.3) is 0 Å². The smallest absolute Gasteiger partial charge is 0.317 e. The van der Waals surface area contributed by atoms with E-state index in [2.05, 4.69) is 26.7 Å². The first-order chi connectivity index (χ1) is 7.85. The van der Waals surface area contributed by atoms with E-state index in [1.165, 1.54) is 0 Å². The number of hydrogen-bond acceptors (Lipinski definition) is 2. The van der Waals surface area contributed by atoms with Gasteiger partial charge in [0.2, 0.25) is 0 Å². The van der Waals surface area contributed by atoms with E-state index in [1.807, 2.05) is 4.90 Å². The number of nitrogens with zero attached hydrogens (tertiary/aromatic N) is 1. The summed E-state index contributed by atoms with van der Waals surface area (Å²) in [7, 11) is 0. The molecule has 0 bridgehead atoms. The number of hydrogen-bond donors (Lipinski definition) is 1. The van der Waals surface area contributed by atoms with Gasteiger partial charge >= 0.3 is 5.97 Å². The Hall–Kier alpha value is -1.01. The molecule has 1 rings (SSSR count). The predicted molar refractivity (Wildman–Crippen MR) is 68.6 cm³/mol. The van der Waals surface area contributed by atoms with Crippen LogP contribution < -0.4 is 0 Å². The maximum atomic E-state index is 10.9. The van der Waals surface area contributed by atoms with Crippen LogP contribution in [0.5, 0.6) is 0 Å². The molecule has 0 heterocycles. The maximum Gasteiger partial charge on any atom is 0.317 e. The Morgan fingerprint density at radius 2 is 2.24 bits per heavy atom. The number of carboxylic acids is 1. The Kier molecular flexibility index (Phi) is 4.59. The molecular formula is C14H23NO2. The van der Waals surface area contributed by atoms with Crippen LogP contribution >= 0.6 is 0 Å². The molecule has 2 unspecified atom stereocenters. The number of carboxylic acid groups (broad SMARTS) is 1. The van der Waals surface area contributed by atoms with Crippen molar-refractivity contribution in [3.8, 4) is 12.3 Å². The number of aliphatic carboxylic acids is 1. The minimum atomic E-state index is -0.794. The second kappa shape index (κ2) is 5.55. The molecule has 1 aliphatic carbocycles.